The van der Waals surface area contributed by atoms with E-state index in [2.05, 4.69) is 4.98 Å². The van der Waals surface area contributed by atoms with E-state index in [0.717, 1.165) is 11.6 Å². The highest BCUT2D eigenvalue weighted by atomic mass is 19.1. The molecule has 0 atom stereocenters. The zero-order valence-electron chi connectivity index (χ0n) is 17.5. The highest BCUT2D eigenvalue weighted by Crippen LogP contribution is 2.41. The maximum atomic E-state index is 13.6. The van der Waals surface area contributed by atoms with Crippen LogP contribution in [-0.4, -0.2) is 27.1 Å². The van der Waals surface area contributed by atoms with Crippen molar-refractivity contribution in [1.29, 1.82) is 5.26 Å². The predicted molar refractivity (Wildman–Crippen MR) is 109 cm³/mol. The normalized spacial score (nSPS) is 17.6. The van der Waals surface area contributed by atoms with Gasteiger partial charge in [0.15, 0.2) is 5.78 Å². The summed E-state index contributed by atoms with van der Waals surface area (Å²) in [5, 5.41) is 19.9. The second-order valence-electron chi connectivity index (χ2n) is 8.08. The summed E-state index contributed by atoms with van der Waals surface area (Å²) in [5.74, 6) is -1.13. The van der Waals surface area contributed by atoms with Crippen LogP contribution >= 0.6 is 0 Å². The molecule has 0 saturated heterocycles. The number of nitriles is 1. The molecule has 1 aromatic carbocycles. The summed E-state index contributed by atoms with van der Waals surface area (Å²) < 4.78 is 25.1. The molecule has 2 heterocycles. The summed E-state index contributed by atoms with van der Waals surface area (Å²) in [6.07, 6.45) is 0.609. The van der Waals surface area contributed by atoms with Gasteiger partial charge in [-0.1, -0.05) is 13.0 Å². The number of carbonyl (C=O) groups excluding carboxylic acids is 1. The largest absolute Gasteiger partial charge is 0.508 e. The van der Waals surface area contributed by atoms with E-state index in [-0.39, 0.29) is 28.6 Å². The molecular weight excluding hydrogens is 387 g/mol. The van der Waals surface area contributed by atoms with Gasteiger partial charge >= 0.3 is 0 Å². The lowest BCUT2D eigenvalue weighted by atomic mass is 9.81. The number of pyridine rings is 1. The lowest BCUT2D eigenvalue weighted by Gasteiger charge is -2.40. The summed E-state index contributed by atoms with van der Waals surface area (Å²) in [6.45, 7) is 8.65. The molecule has 1 aliphatic rings. The lowest BCUT2D eigenvalue weighted by molar-refractivity contribution is -0.158. The van der Waals surface area contributed by atoms with Gasteiger partial charge in [0.05, 0.1) is 17.2 Å². The van der Waals surface area contributed by atoms with E-state index in [1.807, 2.05) is 13.0 Å². The first-order valence-corrected chi connectivity index (χ1v) is 9.56. The Bertz CT molecular complexity index is 1100. The summed E-state index contributed by atoms with van der Waals surface area (Å²) in [6, 6.07) is 9.22. The number of rotatable bonds is 4. The Morgan fingerprint density at radius 2 is 1.90 bits per heavy atom. The highest BCUT2D eigenvalue weighted by molar-refractivity contribution is 6.26. The molecule has 3 rings (SSSR count). The van der Waals surface area contributed by atoms with Crippen LogP contribution < -0.4 is 4.74 Å². The first kappa shape index (κ1) is 21.5. The lowest BCUT2D eigenvalue weighted by Crippen LogP contribution is -2.49. The van der Waals surface area contributed by atoms with Crippen LogP contribution in [-0.2, 0) is 16.0 Å². The molecule has 0 unspecified atom stereocenters. The number of aryl methyl sites for hydroxylation is 1. The Morgan fingerprint density at radius 3 is 2.53 bits per heavy atom. The van der Waals surface area contributed by atoms with Gasteiger partial charge < -0.3 is 14.6 Å². The van der Waals surface area contributed by atoms with Crippen LogP contribution in [0.25, 0.3) is 5.57 Å². The Morgan fingerprint density at radius 1 is 1.20 bits per heavy atom. The molecule has 1 N–H and O–H groups in total. The molecule has 0 aliphatic carbocycles. The van der Waals surface area contributed by atoms with Crippen LogP contribution in [0.2, 0.25) is 0 Å². The van der Waals surface area contributed by atoms with Gasteiger partial charge in [0, 0.05) is 12.1 Å². The molecule has 6 nitrogen and oxygen atoms in total. The Kier molecular flexibility index (Phi) is 5.40. The van der Waals surface area contributed by atoms with E-state index in [0.29, 0.717) is 17.7 Å². The standard InChI is InChI=1S/C23H23FN2O4/c1-6-14-7-8-15(29-18-10-13(12-25)9-17(24)26-18)11-16(14)19-20(27)22(2,3)30-23(4,5)21(19)28/h7-11,27H,6H2,1-5H3. The van der Waals surface area contributed by atoms with Crippen molar-refractivity contribution in [2.75, 3.05) is 0 Å². The number of ketones is 1. The van der Waals surface area contributed by atoms with E-state index in [9.17, 15) is 14.3 Å². The summed E-state index contributed by atoms with van der Waals surface area (Å²) >= 11 is 0. The van der Waals surface area contributed by atoms with Crippen LogP contribution in [0.1, 0.15) is 51.3 Å². The molecule has 156 valence electrons. The first-order valence-electron chi connectivity index (χ1n) is 9.56. The SMILES string of the molecule is CCc1ccc(Oc2cc(C#N)cc(F)n2)cc1C1=C(O)C(C)(C)OC(C)(C)C1=O. The van der Waals surface area contributed by atoms with Gasteiger partial charge in [-0.05, 0) is 57.4 Å². The van der Waals surface area contributed by atoms with Crippen molar-refractivity contribution in [3.05, 3.63) is 58.7 Å². The molecule has 0 fully saturated rings. The summed E-state index contributed by atoms with van der Waals surface area (Å²) in [7, 11) is 0. The molecule has 30 heavy (non-hydrogen) atoms. The maximum Gasteiger partial charge on any atom is 0.223 e. The van der Waals surface area contributed by atoms with Crippen molar-refractivity contribution in [3.8, 4) is 17.7 Å². The van der Waals surface area contributed by atoms with Gasteiger partial charge in [0.1, 0.15) is 22.7 Å². The fourth-order valence-corrected chi connectivity index (χ4v) is 3.56. The van der Waals surface area contributed by atoms with Crippen LogP contribution in [0.15, 0.2) is 36.1 Å². The predicted octanol–water partition coefficient (Wildman–Crippen LogP) is 4.87. The molecule has 0 bridgehead atoms. The number of aliphatic hydroxyl groups excluding tert-OH is 1. The molecule has 0 radical (unpaired) electrons. The Balaban J connectivity index is 2.13. The van der Waals surface area contributed by atoms with Gasteiger partial charge in [-0.25, -0.2) is 0 Å². The average Bonchev–Trinajstić information content (AvgIpc) is 2.66. The van der Waals surface area contributed by atoms with E-state index >= 15 is 0 Å². The molecule has 1 aromatic heterocycles. The number of carbonyl (C=O) groups is 1. The fourth-order valence-electron chi connectivity index (χ4n) is 3.56. The Hall–Kier alpha value is -3.24. The first-order chi connectivity index (χ1) is 14.0. The number of halogens is 1. The monoisotopic (exact) mass is 410 g/mol. The van der Waals surface area contributed by atoms with Crippen molar-refractivity contribution in [1.82, 2.24) is 4.98 Å². The average molecular weight is 410 g/mol. The third kappa shape index (κ3) is 3.91. The number of nitrogens with zero attached hydrogens (tertiary/aromatic N) is 2. The number of ether oxygens (including phenoxy) is 2. The third-order valence-corrected chi connectivity index (χ3v) is 4.94. The minimum atomic E-state index is -1.13. The number of hydrogen-bond donors (Lipinski definition) is 1. The van der Waals surface area contributed by atoms with E-state index in [4.69, 9.17) is 14.7 Å². The molecule has 7 heteroatoms. The summed E-state index contributed by atoms with van der Waals surface area (Å²) in [4.78, 5) is 16.8. The van der Waals surface area contributed by atoms with Gasteiger partial charge in [-0.15, -0.1) is 0 Å². The number of benzene rings is 1. The number of aromatic nitrogens is 1. The van der Waals surface area contributed by atoms with Gasteiger partial charge in [0.25, 0.3) is 0 Å². The maximum absolute atomic E-state index is 13.6. The van der Waals surface area contributed by atoms with Crippen LogP contribution in [0.3, 0.4) is 0 Å². The van der Waals surface area contributed by atoms with Crippen LogP contribution in [0, 0.1) is 17.3 Å². The van der Waals surface area contributed by atoms with Crippen molar-refractivity contribution in [3.63, 3.8) is 0 Å². The third-order valence-electron chi connectivity index (χ3n) is 4.94. The zero-order valence-corrected chi connectivity index (χ0v) is 17.5. The van der Waals surface area contributed by atoms with Crippen molar-refractivity contribution in [2.24, 2.45) is 0 Å². The fraction of sp³-hybridized carbons (Fsp3) is 0.348. The van der Waals surface area contributed by atoms with E-state index in [1.165, 1.54) is 6.07 Å². The molecule has 2 aromatic rings. The smallest absolute Gasteiger partial charge is 0.223 e. The molecule has 1 aliphatic heterocycles. The number of hydrogen-bond acceptors (Lipinski definition) is 6. The van der Waals surface area contributed by atoms with Crippen LogP contribution in [0.5, 0.6) is 11.6 Å². The van der Waals surface area contributed by atoms with Crippen molar-refractivity contribution < 1.29 is 23.8 Å². The summed E-state index contributed by atoms with van der Waals surface area (Å²) in [5.41, 5.74) is -0.594. The number of Topliss-reactive ketones (excluding diaryl/α,β-unsaturated/α-hetero) is 1. The van der Waals surface area contributed by atoms with Gasteiger partial charge in [0.2, 0.25) is 11.8 Å². The number of aliphatic hydroxyl groups is 1. The Labute approximate surface area is 174 Å². The molecule has 0 saturated carbocycles. The zero-order chi connectivity index (χ0) is 22.3. The van der Waals surface area contributed by atoms with Gasteiger partial charge in [-0.2, -0.15) is 14.6 Å². The minimum Gasteiger partial charge on any atom is -0.508 e. The highest BCUT2D eigenvalue weighted by Gasteiger charge is 2.47. The quantitative estimate of drug-likeness (QED) is 0.723. The molecule has 0 amide bonds. The molecular formula is C23H23FN2O4. The second-order valence-corrected chi connectivity index (χ2v) is 8.08. The molecule has 0 spiro atoms. The van der Waals surface area contributed by atoms with E-state index < -0.39 is 17.1 Å². The van der Waals surface area contributed by atoms with E-state index in [1.54, 1.807) is 45.9 Å². The van der Waals surface area contributed by atoms with Crippen LogP contribution in [0.4, 0.5) is 4.39 Å². The minimum absolute atomic E-state index is 0.0753. The van der Waals surface area contributed by atoms with Crippen molar-refractivity contribution in [2.45, 2.75) is 52.2 Å². The van der Waals surface area contributed by atoms with Crippen molar-refractivity contribution >= 4 is 11.4 Å². The van der Waals surface area contributed by atoms with Gasteiger partial charge in [-0.3, -0.25) is 4.79 Å². The second kappa shape index (κ2) is 7.54. The topological polar surface area (TPSA) is 92.4 Å².